The fraction of sp³-hybridized carbons (Fsp3) is 0.619. The molecule has 0 atom stereocenters. The Labute approximate surface area is 163 Å². The molecule has 0 aromatic heterocycles. The van der Waals surface area contributed by atoms with Gasteiger partial charge in [0.25, 0.3) is 0 Å². The van der Waals surface area contributed by atoms with Crippen LogP contribution in [-0.2, 0) is 14.3 Å². The van der Waals surface area contributed by atoms with Crippen LogP contribution in [0.25, 0.3) is 0 Å². The number of carbonyl (C=O) groups excluding carboxylic acids is 1. The first kappa shape index (κ1) is 21.4. The first-order valence-corrected chi connectivity index (χ1v) is 9.89. The van der Waals surface area contributed by atoms with Crippen LogP contribution in [0.15, 0.2) is 41.6 Å². The highest BCUT2D eigenvalue weighted by atomic mass is 16.5. The Morgan fingerprint density at radius 1 is 1.26 bits per heavy atom. The quantitative estimate of drug-likeness (QED) is 0.334. The van der Waals surface area contributed by atoms with Crippen LogP contribution < -0.4 is 0 Å². The first-order valence-electron chi connectivity index (χ1n) is 9.89. The molecule has 0 bridgehead atoms. The van der Waals surface area contributed by atoms with Gasteiger partial charge in [-0.3, -0.25) is 9.69 Å². The molecule has 0 aromatic carbocycles. The molecule has 1 fully saturated rings. The summed E-state index contributed by atoms with van der Waals surface area (Å²) in [6, 6.07) is 0. The summed E-state index contributed by atoms with van der Waals surface area (Å²) in [5, 5.41) is 0. The molecule has 0 aromatic rings. The van der Waals surface area contributed by atoms with Gasteiger partial charge in [-0.2, -0.15) is 0 Å². The predicted molar refractivity (Wildman–Crippen MR) is 109 cm³/mol. The summed E-state index contributed by atoms with van der Waals surface area (Å²) in [6.07, 6.45) is 9.92. The second kappa shape index (κ2) is 11.7. The highest BCUT2D eigenvalue weighted by molar-refractivity contribution is 5.88. The number of likely N-dealkylation sites (tertiary alicyclic amines) is 1. The maximum Gasteiger partial charge on any atom is 0.302 e. The maximum absolute atomic E-state index is 10.9. The molecule has 0 saturated carbocycles. The summed E-state index contributed by atoms with van der Waals surface area (Å²) in [6.45, 7) is 13.7. The van der Waals surface area contributed by atoms with Gasteiger partial charge in [-0.1, -0.05) is 24.8 Å². The number of amidine groups is 1. The van der Waals surface area contributed by atoms with Gasteiger partial charge < -0.3 is 14.4 Å². The van der Waals surface area contributed by atoms with Crippen molar-refractivity contribution in [1.82, 2.24) is 9.80 Å². The highest BCUT2D eigenvalue weighted by Crippen LogP contribution is 2.26. The zero-order valence-corrected chi connectivity index (χ0v) is 16.7. The van der Waals surface area contributed by atoms with E-state index in [0.717, 1.165) is 64.5 Å². The summed E-state index contributed by atoms with van der Waals surface area (Å²) in [5.41, 5.74) is 1.09. The molecule has 0 amide bonds. The molecule has 0 aliphatic carbocycles. The average molecular weight is 376 g/mol. The Kier molecular flexibility index (Phi) is 9.28. The molecule has 150 valence electrons. The molecule has 0 N–H and O–H groups in total. The van der Waals surface area contributed by atoms with Gasteiger partial charge >= 0.3 is 5.97 Å². The molecular formula is C21H33N3O3. The molecule has 27 heavy (non-hydrogen) atoms. The zero-order chi connectivity index (χ0) is 19.5. The smallest absolute Gasteiger partial charge is 0.302 e. The molecular weight excluding hydrogens is 342 g/mol. The predicted octanol–water partition coefficient (Wildman–Crippen LogP) is 2.64. The van der Waals surface area contributed by atoms with Crippen molar-refractivity contribution in [3.8, 4) is 0 Å². The normalized spacial score (nSPS) is 20.4. The summed E-state index contributed by atoms with van der Waals surface area (Å²) in [5.74, 6) is 1.47. The molecule has 0 unspecified atom stereocenters. The van der Waals surface area contributed by atoms with Crippen molar-refractivity contribution in [2.24, 2.45) is 10.9 Å². The molecule has 6 nitrogen and oxygen atoms in total. The average Bonchev–Trinajstić information content (AvgIpc) is 3.05. The number of hydrogen-bond donors (Lipinski definition) is 0. The summed E-state index contributed by atoms with van der Waals surface area (Å²) in [4.78, 5) is 20.5. The third kappa shape index (κ3) is 7.31. The van der Waals surface area contributed by atoms with Crippen molar-refractivity contribution < 1.29 is 14.3 Å². The maximum atomic E-state index is 10.9. The molecule has 0 spiro atoms. The van der Waals surface area contributed by atoms with E-state index in [1.807, 2.05) is 19.1 Å². The van der Waals surface area contributed by atoms with Crippen molar-refractivity contribution in [2.75, 3.05) is 52.5 Å². The fourth-order valence-electron chi connectivity index (χ4n) is 3.46. The SMILES string of the molecule is C=C/C=C\C=C1/CN(CCOCC)C(C2CCN(CCOC(C)=O)CC2)=N1. The second-order valence-electron chi connectivity index (χ2n) is 6.82. The second-order valence-corrected chi connectivity index (χ2v) is 6.82. The van der Waals surface area contributed by atoms with Crippen LogP contribution >= 0.6 is 0 Å². The Hall–Kier alpha value is -1.92. The minimum Gasteiger partial charge on any atom is -0.465 e. The minimum absolute atomic E-state index is 0.208. The van der Waals surface area contributed by atoms with Gasteiger partial charge in [0.1, 0.15) is 12.4 Å². The Morgan fingerprint density at radius 2 is 2.04 bits per heavy atom. The van der Waals surface area contributed by atoms with Gasteiger partial charge in [-0.05, 0) is 38.9 Å². The monoisotopic (exact) mass is 375 g/mol. The van der Waals surface area contributed by atoms with Crippen molar-refractivity contribution in [2.45, 2.75) is 26.7 Å². The van der Waals surface area contributed by atoms with Crippen molar-refractivity contribution in [3.05, 3.63) is 36.6 Å². The van der Waals surface area contributed by atoms with Crippen molar-refractivity contribution in [3.63, 3.8) is 0 Å². The Bertz CT molecular complexity index is 575. The lowest BCUT2D eigenvalue weighted by molar-refractivity contribution is -0.141. The number of piperidine rings is 1. The lowest BCUT2D eigenvalue weighted by Crippen LogP contribution is -2.42. The van der Waals surface area contributed by atoms with Crippen LogP contribution in [0.2, 0.25) is 0 Å². The van der Waals surface area contributed by atoms with E-state index in [-0.39, 0.29) is 5.97 Å². The van der Waals surface area contributed by atoms with Crippen LogP contribution in [0.3, 0.4) is 0 Å². The fourth-order valence-corrected chi connectivity index (χ4v) is 3.46. The molecule has 6 heteroatoms. The molecule has 0 radical (unpaired) electrons. The standard InChI is InChI=1S/C21H33N3O3/c1-4-6-7-8-20-17-24(14-15-26-5-2)21(22-20)19-9-11-23(12-10-19)13-16-27-18(3)25/h4,6-8,19H,1,5,9-17H2,2-3H3/b7-6-,20-8+. The van der Waals surface area contributed by atoms with Gasteiger partial charge in [0.2, 0.25) is 0 Å². The number of carbonyl (C=O) groups is 1. The minimum atomic E-state index is -0.208. The van der Waals surface area contributed by atoms with E-state index >= 15 is 0 Å². The van der Waals surface area contributed by atoms with E-state index < -0.39 is 0 Å². The van der Waals surface area contributed by atoms with Gasteiger partial charge in [-0.15, -0.1) is 0 Å². The number of esters is 1. The van der Waals surface area contributed by atoms with Crippen LogP contribution in [-0.4, -0.2) is 74.1 Å². The van der Waals surface area contributed by atoms with E-state index in [4.69, 9.17) is 14.5 Å². The van der Waals surface area contributed by atoms with Crippen LogP contribution in [0.1, 0.15) is 26.7 Å². The number of allylic oxidation sites excluding steroid dienone is 4. The lowest BCUT2D eigenvalue weighted by atomic mass is 9.95. The lowest BCUT2D eigenvalue weighted by Gasteiger charge is -2.34. The largest absolute Gasteiger partial charge is 0.465 e. The van der Waals surface area contributed by atoms with E-state index in [1.165, 1.54) is 12.8 Å². The third-order valence-corrected chi connectivity index (χ3v) is 4.85. The van der Waals surface area contributed by atoms with E-state index in [0.29, 0.717) is 12.5 Å². The van der Waals surface area contributed by atoms with Gasteiger partial charge in [-0.25, -0.2) is 4.99 Å². The summed E-state index contributed by atoms with van der Waals surface area (Å²) in [7, 11) is 0. The number of nitrogens with zero attached hydrogens (tertiary/aromatic N) is 3. The molecule has 2 heterocycles. The topological polar surface area (TPSA) is 54.4 Å². The summed E-state index contributed by atoms with van der Waals surface area (Å²) >= 11 is 0. The molecule has 2 rings (SSSR count). The molecule has 2 aliphatic heterocycles. The van der Waals surface area contributed by atoms with E-state index in [9.17, 15) is 4.79 Å². The number of hydrogen-bond acceptors (Lipinski definition) is 6. The van der Waals surface area contributed by atoms with Crippen molar-refractivity contribution in [1.29, 1.82) is 0 Å². The van der Waals surface area contributed by atoms with Crippen LogP contribution in [0.5, 0.6) is 0 Å². The summed E-state index contributed by atoms with van der Waals surface area (Å²) < 4.78 is 10.6. The van der Waals surface area contributed by atoms with Crippen LogP contribution in [0, 0.1) is 5.92 Å². The number of ether oxygens (including phenoxy) is 2. The van der Waals surface area contributed by atoms with Gasteiger partial charge in [0, 0.05) is 32.5 Å². The number of aliphatic imine (C=N–C) groups is 1. The molecule has 2 aliphatic rings. The third-order valence-electron chi connectivity index (χ3n) is 4.85. The van der Waals surface area contributed by atoms with Crippen molar-refractivity contribution >= 4 is 11.8 Å². The zero-order valence-electron chi connectivity index (χ0n) is 16.7. The number of rotatable bonds is 10. The van der Waals surface area contributed by atoms with Gasteiger partial charge in [0.05, 0.1) is 18.8 Å². The van der Waals surface area contributed by atoms with Crippen LogP contribution in [0.4, 0.5) is 0 Å². The molecule has 1 saturated heterocycles. The van der Waals surface area contributed by atoms with Gasteiger partial charge in [0.15, 0.2) is 0 Å². The highest BCUT2D eigenvalue weighted by Gasteiger charge is 2.30. The Balaban J connectivity index is 1.92. The Morgan fingerprint density at radius 3 is 2.70 bits per heavy atom. The first-order chi connectivity index (χ1) is 13.1. The van der Waals surface area contributed by atoms with E-state index in [2.05, 4.69) is 22.5 Å². The van der Waals surface area contributed by atoms with E-state index in [1.54, 1.807) is 6.08 Å².